The van der Waals surface area contributed by atoms with E-state index in [1.807, 2.05) is 11.5 Å². The van der Waals surface area contributed by atoms with Gasteiger partial charge in [-0.1, -0.05) is 0 Å². The Morgan fingerprint density at radius 2 is 2.14 bits per heavy atom. The Bertz CT molecular complexity index is 686. The van der Waals surface area contributed by atoms with E-state index in [0.717, 1.165) is 32.1 Å². The van der Waals surface area contributed by atoms with Gasteiger partial charge < -0.3 is 19.9 Å². The van der Waals surface area contributed by atoms with E-state index in [1.54, 1.807) is 6.20 Å². The number of fused-ring (bicyclic) bond motifs is 1. The maximum absolute atomic E-state index is 12.5. The normalized spacial score (nSPS) is 15.8. The molecule has 3 heterocycles. The fourth-order valence-electron chi connectivity index (χ4n) is 2.73. The molecule has 1 aliphatic heterocycles. The maximum atomic E-state index is 12.5. The van der Waals surface area contributed by atoms with Crippen molar-refractivity contribution in [2.45, 2.75) is 20.0 Å². The smallest absolute Gasteiger partial charge is 0.293 e. The van der Waals surface area contributed by atoms with Crippen LogP contribution in [-0.4, -0.2) is 57.2 Å². The van der Waals surface area contributed by atoms with E-state index in [1.165, 1.54) is 4.68 Å². The fraction of sp³-hybridized carbons (Fsp3) is 0.615. The van der Waals surface area contributed by atoms with Gasteiger partial charge in [0.05, 0.1) is 19.3 Å². The molecule has 21 heavy (non-hydrogen) atoms. The second kappa shape index (κ2) is 5.82. The number of aryl methyl sites for hydroxylation is 1. The van der Waals surface area contributed by atoms with E-state index >= 15 is 0 Å². The quantitative estimate of drug-likeness (QED) is 0.753. The van der Waals surface area contributed by atoms with Crippen LogP contribution in [0, 0.1) is 0 Å². The number of aliphatic hydroxyl groups excluding tert-OH is 1. The van der Waals surface area contributed by atoms with Gasteiger partial charge in [0.15, 0.2) is 0 Å². The molecule has 2 aromatic heterocycles. The van der Waals surface area contributed by atoms with Gasteiger partial charge in [-0.2, -0.15) is 5.10 Å². The van der Waals surface area contributed by atoms with Crippen molar-refractivity contribution in [3.63, 3.8) is 0 Å². The van der Waals surface area contributed by atoms with E-state index in [0.29, 0.717) is 17.6 Å². The molecule has 0 spiro atoms. The summed E-state index contributed by atoms with van der Waals surface area (Å²) < 4.78 is 3.23. The zero-order valence-electron chi connectivity index (χ0n) is 12.1. The predicted molar refractivity (Wildman–Crippen MR) is 79.6 cm³/mol. The third-order valence-electron chi connectivity index (χ3n) is 3.76. The van der Waals surface area contributed by atoms with Crippen molar-refractivity contribution in [2.24, 2.45) is 0 Å². The Morgan fingerprint density at radius 1 is 1.38 bits per heavy atom. The second-order valence-corrected chi connectivity index (χ2v) is 5.02. The number of hydrogen-bond donors (Lipinski definition) is 2. The first-order valence-electron chi connectivity index (χ1n) is 7.29. The highest BCUT2D eigenvalue weighted by Gasteiger charge is 2.20. The van der Waals surface area contributed by atoms with Gasteiger partial charge in [0, 0.05) is 32.7 Å². The summed E-state index contributed by atoms with van der Waals surface area (Å²) in [6, 6.07) is 0. The highest BCUT2D eigenvalue weighted by atomic mass is 16.3. The minimum Gasteiger partial charge on any atom is -0.394 e. The van der Waals surface area contributed by atoms with Gasteiger partial charge >= 0.3 is 0 Å². The van der Waals surface area contributed by atoms with Gasteiger partial charge in [0.1, 0.15) is 11.0 Å². The summed E-state index contributed by atoms with van der Waals surface area (Å²) in [5, 5.41) is 16.4. The van der Waals surface area contributed by atoms with Gasteiger partial charge in [-0.25, -0.2) is 9.67 Å². The molecule has 0 bridgehead atoms. The molecule has 114 valence electrons. The molecule has 3 rings (SSSR count). The Labute approximate surface area is 122 Å². The molecule has 0 saturated carbocycles. The average molecular weight is 292 g/mol. The van der Waals surface area contributed by atoms with Crippen LogP contribution in [0.15, 0.2) is 11.0 Å². The monoisotopic (exact) mass is 292 g/mol. The van der Waals surface area contributed by atoms with Crippen LogP contribution in [0.3, 0.4) is 0 Å². The van der Waals surface area contributed by atoms with Crippen molar-refractivity contribution in [1.82, 2.24) is 24.6 Å². The topological polar surface area (TPSA) is 88.2 Å². The predicted octanol–water partition coefficient (Wildman–Crippen LogP) is -0.985. The minimum absolute atomic E-state index is 0.108. The molecule has 0 amide bonds. The summed E-state index contributed by atoms with van der Waals surface area (Å²) in [7, 11) is 0. The molecule has 2 aromatic rings. The van der Waals surface area contributed by atoms with E-state index in [2.05, 4.69) is 20.3 Å². The molecule has 0 unspecified atom stereocenters. The zero-order chi connectivity index (χ0) is 14.8. The van der Waals surface area contributed by atoms with Gasteiger partial charge in [-0.15, -0.1) is 0 Å². The van der Waals surface area contributed by atoms with Crippen molar-refractivity contribution in [2.75, 3.05) is 37.7 Å². The van der Waals surface area contributed by atoms with Crippen LogP contribution in [0.25, 0.3) is 11.0 Å². The van der Waals surface area contributed by atoms with Gasteiger partial charge in [0.2, 0.25) is 5.95 Å². The van der Waals surface area contributed by atoms with E-state index < -0.39 is 0 Å². The van der Waals surface area contributed by atoms with Crippen LogP contribution >= 0.6 is 0 Å². The van der Waals surface area contributed by atoms with Crippen molar-refractivity contribution in [1.29, 1.82) is 0 Å². The Kier molecular flexibility index (Phi) is 3.89. The molecule has 8 nitrogen and oxygen atoms in total. The second-order valence-electron chi connectivity index (χ2n) is 5.02. The van der Waals surface area contributed by atoms with E-state index in [4.69, 9.17) is 5.11 Å². The number of anilines is 1. The lowest BCUT2D eigenvalue weighted by Crippen LogP contribution is -2.44. The highest BCUT2D eigenvalue weighted by molar-refractivity contribution is 5.77. The van der Waals surface area contributed by atoms with Crippen molar-refractivity contribution >= 4 is 17.0 Å². The standard InChI is InChI=1S/C13H20N6O2/c1-2-18-11-10(9-15-19(7-8-20)12(11)21)16-13(18)17-5-3-14-4-6-17/h9,14,20H,2-8H2,1H3. The molecule has 1 saturated heterocycles. The third-order valence-corrected chi connectivity index (χ3v) is 3.76. The summed E-state index contributed by atoms with van der Waals surface area (Å²) in [5.74, 6) is 0.828. The number of nitrogens with one attached hydrogen (secondary N) is 1. The number of hydrogen-bond acceptors (Lipinski definition) is 6. The minimum atomic E-state index is -0.197. The van der Waals surface area contributed by atoms with Crippen LogP contribution in [0.4, 0.5) is 5.95 Å². The first-order valence-corrected chi connectivity index (χ1v) is 7.29. The number of rotatable bonds is 4. The number of imidazole rings is 1. The van der Waals surface area contributed by atoms with Gasteiger partial charge in [-0.3, -0.25) is 4.79 Å². The molecular weight excluding hydrogens is 272 g/mol. The maximum Gasteiger partial charge on any atom is 0.293 e. The molecule has 0 radical (unpaired) electrons. The summed E-state index contributed by atoms with van der Waals surface area (Å²) in [4.78, 5) is 19.3. The number of aliphatic hydroxyl groups is 1. The fourth-order valence-corrected chi connectivity index (χ4v) is 2.73. The summed E-state index contributed by atoms with van der Waals surface area (Å²) in [6.45, 7) is 6.36. The van der Waals surface area contributed by atoms with Crippen LogP contribution < -0.4 is 15.8 Å². The molecular formula is C13H20N6O2. The number of aromatic nitrogens is 4. The van der Waals surface area contributed by atoms with Crippen LogP contribution in [0.1, 0.15) is 6.92 Å². The highest BCUT2D eigenvalue weighted by Crippen LogP contribution is 2.20. The average Bonchev–Trinajstić information content (AvgIpc) is 2.90. The SMILES string of the molecule is CCn1c(N2CCNCC2)nc2cnn(CCO)c(=O)c21. The molecule has 8 heteroatoms. The lowest BCUT2D eigenvalue weighted by Gasteiger charge is -2.28. The Morgan fingerprint density at radius 3 is 2.81 bits per heavy atom. The molecule has 1 fully saturated rings. The lowest BCUT2D eigenvalue weighted by molar-refractivity contribution is 0.266. The van der Waals surface area contributed by atoms with Crippen LogP contribution in [0.2, 0.25) is 0 Å². The molecule has 0 atom stereocenters. The summed E-state index contributed by atoms with van der Waals surface area (Å²) >= 11 is 0. The van der Waals surface area contributed by atoms with Crippen molar-refractivity contribution in [3.8, 4) is 0 Å². The third kappa shape index (κ3) is 2.40. The molecule has 1 aliphatic rings. The number of piperazine rings is 1. The Hall–Kier alpha value is -1.93. The lowest BCUT2D eigenvalue weighted by atomic mass is 10.4. The van der Waals surface area contributed by atoms with Crippen molar-refractivity contribution in [3.05, 3.63) is 16.6 Å². The number of nitrogens with zero attached hydrogens (tertiary/aromatic N) is 5. The first kappa shape index (κ1) is 14.0. The van der Waals surface area contributed by atoms with E-state index in [9.17, 15) is 4.79 Å². The zero-order valence-corrected chi connectivity index (χ0v) is 12.1. The first-order chi connectivity index (χ1) is 10.3. The van der Waals surface area contributed by atoms with Gasteiger partial charge in [-0.05, 0) is 6.92 Å². The largest absolute Gasteiger partial charge is 0.394 e. The van der Waals surface area contributed by atoms with Crippen LogP contribution in [0.5, 0.6) is 0 Å². The van der Waals surface area contributed by atoms with Crippen molar-refractivity contribution < 1.29 is 5.11 Å². The summed E-state index contributed by atoms with van der Waals surface area (Å²) in [6.07, 6.45) is 1.60. The Balaban J connectivity index is 2.14. The molecule has 0 aliphatic carbocycles. The summed E-state index contributed by atoms with van der Waals surface area (Å²) in [5.41, 5.74) is 0.983. The molecule has 2 N–H and O–H groups in total. The van der Waals surface area contributed by atoms with Gasteiger partial charge in [0.25, 0.3) is 5.56 Å². The molecule has 0 aromatic carbocycles. The van der Waals surface area contributed by atoms with E-state index in [-0.39, 0.29) is 18.7 Å². The van der Waals surface area contributed by atoms with Crippen LogP contribution in [-0.2, 0) is 13.1 Å².